The SMILES string of the molecule is Cc1nc(CCNC(=O)c2cccc(Cl)c2N)no1. The van der Waals surface area contributed by atoms with Gasteiger partial charge in [-0.05, 0) is 12.1 Å². The number of nitrogen functional groups attached to an aromatic ring is 1. The van der Waals surface area contributed by atoms with Crippen molar-refractivity contribution in [2.75, 3.05) is 12.3 Å². The Morgan fingerprint density at radius 2 is 2.32 bits per heavy atom. The molecule has 19 heavy (non-hydrogen) atoms. The number of halogens is 1. The highest BCUT2D eigenvalue weighted by Crippen LogP contribution is 2.22. The van der Waals surface area contributed by atoms with Crippen LogP contribution in [-0.2, 0) is 6.42 Å². The van der Waals surface area contributed by atoms with Crippen LogP contribution >= 0.6 is 11.6 Å². The number of carbonyl (C=O) groups excluding carboxylic acids is 1. The number of carbonyl (C=O) groups is 1. The van der Waals surface area contributed by atoms with E-state index in [0.717, 1.165) is 0 Å². The molecule has 0 aliphatic rings. The topological polar surface area (TPSA) is 94.0 Å². The van der Waals surface area contributed by atoms with Crippen LogP contribution in [0.5, 0.6) is 0 Å². The van der Waals surface area contributed by atoms with E-state index in [-0.39, 0.29) is 11.6 Å². The minimum atomic E-state index is -0.278. The van der Waals surface area contributed by atoms with Crippen molar-refractivity contribution in [3.8, 4) is 0 Å². The number of benzene rings is 1. The summed E-state index contributed by atoms with van der Waals surface area (Å²) >= 11 is 5.85. The molecule has 7 heteroatoms. The number of amides is 1. The Labute approximate surface area is 114 Å². The van der Waals surface area contributed by atoms with Gasteiger partial charge in [0.25, 0.3) is 5.91 Å². The van der Waals surface area contributed by atoms with Gasteiger partial charge < -0.3 is 15.6 Å². The number of nitrogens with zero attached hydrogens (tertiary/aromatic N) is 2. The molecular weight excluding hydrogens is 268 g/mol. The molecule has 0 spiro atoms. The summed E-state index contributed by atoms with van der Waals surface area (Å²) in [5.74, 6) is 0.775. The number of nitrogens with two attached hydrogens (primary N) is 1. The first-order chi connectivity index (χ1) is 9.08. The number of hydrogen-bond donors (Lipinski definition) is 2. The number of hydrogen-bond acceptors (Lipinski definition) is 5. The molecule has 1 amide bonds. The third-order valence-electron chi connectivity index (χ3n) is 2.50. The summed E-state index contributed by atoms with van der Waals surface area (Å²) in [6.45, 7) is 2.10. The van der Waals surface area contributed by atoms with Crippen molar-refractivity contribution in [1.82, 2.24) is 15.5 Å². The van der Waals surface area contributed by atoms with Gasteiger partial charge in [0.05, 0.1) is 16.3 Å². The molecule has 100 valence electrons. The Morgan fingerprint density at radius 3 is 3.00 bits per heavy atom. The standard InChI is InChI=1S/C12H13ClN4O2/c1-7-16-10(17-19-7)5-6-15-12(18)8-3-2-4-9(13)11(8)14/h2-4H,5-6,14H2,1H3,(H,15,18). The summed E-state index contributed by atoms with van der Waals surface area (Å²) in [5, 5.41) is 6.82. The first kappa shape index (κ1) is 13.4. The largest absolute Gasteiger partial charge is 0.397 e. The minimum Gasteiger partial charge on any atom is -0.397 e. The first-order valence-corrected chi connectivity index (χ1v) is 6.07. The molecule has 0 fully saturated rings. The van der Waals surface area contributed by atoms with Crippen molar-refractivity contribution in [2.24, 2.45) is 0 Å². The number of rotatable bonds is 4. The van der Waals surface area contributed by atoms with Crippen LogP contribution in [0.4, 0.5) is 5.69 Å². The van der Waals surface area contributed by atoms with Crippen molar-refractivity contribution >= 4 is 23.2 Å². The molecule has 1 aromatic heterocycles. The molecule has 1 aromatic carbocycles. The molecule has 0 radical (unpaired) electrons. The Hall–Kier alpha value is -2.08. The monoisotopic (exact) mass is 280 g/mol. The maximum atomic E-state index is 11.9. The highest BCUT2D eigenvalue weighted by molar-refractivity contribution is 6.33. The van der Waals surface area contributed by atoms with Crippen molar-refractivity contribution in [3.05, 3.63) is 40.5 Å². The van der Waals surface area contributed by atoms with Gasteiger partial charge in [0.2, 0.25) is 5.89 Å². The van der Waals surface area contributed by atoms with Gasteiger partial charge in [0.15, 0.2) is 5.82 Å². The zero-order chi connectivity index (χ0) is 13.8. The van der Waals surface area contributed by atoms with E-state index in [1.807, 2.05) is 0 Å². The van der Waals surface area contributed by atoms with Gasteiger partial charge in [-0.25, -0.2) is 0 Å². The number of anilines is 1. The number of aromatic nitrogens is 2. The quantitative estimate of drug-likeness (QED) is 0.829. The summed E-state index contributed by atoms with van der Waals surface area (Å²) in [6.07, 6.45) is 0.490. The van der Waals surface area contributed by atoms with Crippen molar-refractivity contribution in [2.45, 2.75) is 13.3 Å². The molecular formula is C12H13ClN4O2. The summed E-state index contributed by atoms with van der Waals surface area (Å²) in [7, 11) is 0. The molecule has 1 heterocycles. The van der Waals surface area contributed by atoms with E-state index in [1.54, 1.807) is 25.1 Å². The van der Waals surface area contributed by atoms with Gasteiger partial charge in [0.1, 0.15) is 0 Å². The lowest BCUT2D eigenvalue weighted by molar-refractivity contribution is 0.0955. The normalized spacial score (nSPS) is 10.4. The minimum absolute atomic E-state index is 0.275. The highest BCUT2D eigenvalue weighted by Gasteiger charge is 2.11. The summed E-state index contributed by atoms with van der Waals surface area (Å²) < 4.78 is 4.83. The van der Waals surface area contributed by atoms with Crippen LogP contribution in [0.15, 0.2) is 22.7 Å². The molecule has 0 aliphatic heterocycles. The van der Waals surface area contributed by atoms with E-state index in [2.05, 4.69) is 15.5 Å². The molecule has 0 saturated carbocycles. The lowest BCUT2D eigenvalue weighted by Crippen LogP contribution is -2.26. The Balaban J connectivity index is 1.93. The van der Waals surface area contributed by atoms with Gasteiger partial charge in [-0.3, -0.25) is 4.79 Å². The van der Waals surface area contributed by atoms with Crippen LogP contribution in [0.2, 0.25) is 5.02 Å². The fraction of sp³-hybridized carbons (Fsp3) is 0.250. The van der Waals surface area contributed by atoms with E-state index in [0.29, 0.717) is 35.3 Å². The maximum Gasteiger partial charge on any atom is 0.253 e. The predicted octanol–water partition coefficient (Wildman–Crippen LogP) is 1.59. The maximum absolute atomic E-state index is 11.9. The zero-order valence-electron chi connectivity index (χ0n) is 10.3. The first-order valence-electron chi connectivity index (χ1n) is 5.69. The molecule has 0 unspecified atom stereocenters. The number of nitrogens with one attached hydrogen (secondary N) is 1. The van der Waals surface area contributed by atoms with E-state index in [1.165, 1.54) is 0 Å². The molecule has 0 aliphatic carbocycles. The van der Waals surface area contributed by atoms with Crippen LogP contribution in [0.1, 0.15) is 22.1 Å². The lowest BCUT2D eigenvalue weighted by atomic mass is 10.1. The van der Waals surface area contributed by atoms with E-state index < -0.39 is 0 Å². The molecule has 2 aromatic rings. The summed E-state index contributed by atoms with van der Waals surface area (Å²) in [6, 6.07) is 4.93. The third-order valence-corrected chi connectivity index (χ3v) is 2.83. The second kappa shape index (κ2) is 5.71. The second-order valence-electron chi connectivity index (χ2n) is 3.94. The third kappa shape index (κ3) is 3.23. The number of aryl methyl sites for hydroxylation is 1. The van der Waals surface area contributed by atoms with Gasteiger partial charge in [0, 0.05) is 19.9 Å². The van der Waals surface area contributed by atoms with Gasteiger partial charge in [-0.1, -0.05) is 22.8 Å². The zero-order valence-corrected chi connectivity index (χ0v) is 11.1. The summed E-state index contributed by atoms with van der Waals surface area (Å²) in [5.41, 5.74) is 6.37. The van der Waals surface area contributed by atoms with E-state index in [4.69, 9.17) is 21.9 Å². The van der Waals surface area contributed by atoms with Crippen LogP contribution < -0.4 is 11.1 Å². The Morgan fingerprint density at radius 1 is 1.53 bits per heavy atom. The van der Waals surface area contributed by atoms with Crippen LogP contribution in [0.3, 0.4) is 0 Å². The average molecular weight is 281 g/mol. The molecule has 0 atom stereocenters. The summed E-state index contributed by atoms with van der Waals surface area (Å²) in [4.78, 5) is 15.9. The molecule has 3 N–H and O–H groups in total. The fourth-order valence-electron chi connectivity index (χ4n) is 1.56. The van der Waals surface area contributed by atoms with Crippen molar-refractivity contribution in [3.63, 3.8) is 0 Å². The highest BCUT2D eigenvalue weighted by atomic mass is 35.5. The van der Waals surface area contributed by atoms with Gasteiger partial charge in [-0.15, -0.1) is 0 Å². The van der Waals surface area contributed by atoms with Crippen LogP contribution in [-0.4, -0.2) is 22.6 Å². The van der Waals surface area contributed by atoms with E-state index >= 15 is 0 Å². The Bertz CT molecular complexity index is 597. The second-order valence-corrected chi connectivity index (χ2v) is 4.34. The molecule has 2 rings (SSSR count). The van der Waals surface area contributed by atoms with Gasteiger partial charge >= 0.3 is 0 Å². The Kier molecular flexibility index (Phi) is 4.01. The van der Waals surface area contributed by atoms with E-state index in [9.17, 15) is 4.79 Å². The van der Waals surface area contributed by atoms with Crippen LogP contribution in [0, 0.1) is 6.92 Å². The lowest BCUT2D eigenvalue weighted by Gasteiger charge is -2.07. The average Bonchev–Trinajstić information content (AvgIpc) is 2.78. The fourth-order valence-corrected chi connectivity index (χ4v) is 1.74. The molecule has 0 bridgehead atoms. The van der Waals surface area contributed by atoms with Crippen molar-refractivity contribution in [1.29, 1.82) is 0 Å². The number of para-hydroxylation sites is 1. The smallest absolute Gasteiger partial charge is 0.253 e. The molecule has 6 nitrogen and oxygen atoms in total. The van der Waals surface area contributed by atoms with Gasteiger partial charge in [-0.2, -0.15) is 4.98 Å². The molecule has 0 saturated heterocycles. The van der Waals surface area contributed by atoms with Crippen molar-refractivity contribution < 1.29 is 9.32 Å². The predicted molar refractivity (Wildman–Crippen MR) is 70.9 cm³/mol. The van der Waals surface area contributed by atoms with Crippen LogP contribution in [0.25, 0.3) is 0 Å².